The zero-order valence-corrected chi connectivity index (χ0v) is 14.2. The lowest BCUT2D eigenvalue weighted by molar-refractivity contribution is 0.0933. The Morgan fingerprint density at radius 3 is 2.81 bits per heavy atom. The van der Waals surface area contributed by atoms with Crippen LogP contribution < -0.4 is 11.0 Å². The molecular weight excluding hydrogens is 330 g/mol. The zero-order chi connectivity index (χ0) is 17.9. The molecule has 1 aromatic carbocycles. The Morgan fingerprint density at radius 1 is 1.15 bits per heavy atom. The summed E-state index contributed by atoms with van der Waals surface area (Å²) in [6.45, 7) is 0.630. The number of hydrogen-bond acceptors (Lipinski definition) is 4. The van der Waals surface area contributed by atoms with Crippen LogP contribution in [0, 0.1) is 0 Å². The normalized spacial score (nSPS) is 16.5. The third-order valence-electron chi connectivity index (χ3n) is 4.69. The highest BCUT2D eigenvalue weighted by atomic mass is 16.2. The number of pyridine rings is 1. The summed E-state index contributed by atoms with van der Waals surface area (Å²) in [6.07, 6.45) is 6.00. The van der Waals surface area contributed by atoms with Gasteiger partial charge in [-0.1, -0.05) is 18.2 Å². The minimum Gasteiger partial charge on any atom is -0.342 e. The van der Waals surface area contributed by atoms with Crippen molar-refractivity contribution in [2.75, 3.05) is 0 Å². The van der Waals surface area contributed by atoms with Crippen molar-refractivity contribution in [3.8, 4) is 11.1 Å². The van der Waals surface area contributed by atoms with Crippen molar-refractivity contribution < 1.29 is 4.79 Å². The van der Waals surface area contributed by atoms with Crippen LogP contribution in [-0.2, 0) is 6.54 Å². The third-order valence-corrected chi connectivity index (χ3v) is 4.69. The number of nitrogens with zero attached hydrogens (tertiary/aromatic N) is 3. The van der Waals surface area contributed by atoms with Crippen molar-refractivity contribution in [1.82, 2.24) is 25.1 Å². The number of rotatable bonds is 3. The standard InChI is InChI=1S/C19H19N5O2/c25-18(15-6-2-1-5-14(15)13-8-10-20-11-9-13)21-16-7-3-4-12-24-17(16)22-23-19(24)26/h1-2,5-6,8-11,16H,3-4,7,12H2,(H,21,25)(H,23,26). The second-order valence-corrected chi connectivity index (χ2v) is 6.34. The molecule has 1 atom stereocenters. The van der Waals surface area contributed by atoms with E-state index in [9.17, 15) is 9.59 Å². The predicted octanol–water partition coefficient (Wildman–Crippen LogP) is 2.29. The highest BCUT2D eigenvalue weighted by molar-refractivity contribution is 6.01. The van der Waals surface area contributed by atoms with Crippen LogP contribution in [0.1, 0.15) is 41.5 Å². The number of carbonyl (C=O) groups is 1. The number of benzene rings is 1. The average Bonchev–Trinajstić information content (AvgIpc) is 2.93. The number of fused-ring (bicyclic) bond motifs is 1. The van der Waals surface area contributed by atoms with Crippen molar-refractivity contribution in [3.05, 3.63) is 70.7 Å². The lowest BCUT2D eigenvalue weighted by Gasteiger charge is -2.17. The molecule has 1 aliphatic rings. The van der Waals surface area contributed by atoms with Crippen LogP contribution in [-0.4, -0.2) is 25.7 Å². The fourth-order valence-corrected chi connectivity index (χ4v) is 3.40. The first-order valence-electron chi connectivity index (χ1n) is 8.69. The van der Waals surface area contributed by atoms with Gasteiger partial charge < -0.3 is 5.32 Å². The molecular formula is C19H19N5O2. The maximum Gasteiger partial charge on any atom is 0.343 e. The quantitative estimate of drug-likeness (QED) is 0.759. The predicted molar refractivity (Wildman–Crippen MR) is 96.6 cm³/mol. The highest BCUT2D eigenvalue weighted by Crippen LogP contribution is 2.25. The van der Waals surface area contributed by atoms with E-state index in [1.165, 1.54) is 0 Å². The molecule has 26 heavy (non-hydrogen) atoms. The van der Waals surface area contributed by atoms with E-state index in [4.69, 9.17) is 0 Å². The molecule has 0 bridgehead atoms. The van der Waals surface area contributed by atoms with E-state index >= 15 is 0 Å². The van der Waals surface area contributed by atoms with Gasteiger partial charge in [-0.05, 0) is 48.6 Å². The van der Waals surface area contributed by atoms with Crippen LogP contribution in [0.4, 0.5) is 0 Å². The second-order valence-electron chi connectivity index (χ2n) is 6.34. The van der Waals surface area contributed by atoms with Crippen LogP contribution in [0.5, 0.6) is 0 Å². The summed E-state index contributed by atoms with van der Waals surface area (Å²) in [5.41, 5.74) is 2.15. The summed E-state index contributed by atoms with van der Waals surface area (Å²) < 4.78 is 1.62. The molecule has 0 aliphatic carbocycles. The number of hydrogen-bond donors (Lipinski definition) is 2. The van der Waals surface area contributed by atoms with Crippen LogP contribution >= 0.6 is 0 Å². The average molecular weight is 349 g/mol. The van der Waals surface area contributed by atoms with Gasteiger partial charge in [0.15, 0.2) is 5.82 Å². The van der Waals surface area contributed by atoms with Gasteiger partial charge in [-0.15, -0.1) is 0 Å². The zero-order valence-electron chi connectivity index (χ0n) is 14.2. The largest absolute Gasteiger partial charge is 0.343 e. The summed E-state index contributed by atoms with van der Waals surface area (Å²) >= 11 is 0. The molecule has 3 aromatic rings. The molecule has 7 heteroatoms. The molecule has 1 unspecified atom stereocenters. The van der Waals surface area contributed by atoms with E-state index in [1.54, 1.807) is 23.0 Å². The Labute approximate surface area is 150 Å². The Morgan fingerprint density at radius 2 is 1.96 bits per heavy atom. The SMILES string of the molecule is O=C(NC1CCCCn2c1n[nH]c2=O)c1ccccc1-c1ccncc1. The lowest BCUT2D eigenvalue weighted by Crippen LogP contribution is -2.31. The first kappa shape index (κ1) is 16.3. The monoisotopic (exact) mass is 349 g/mol. The van der Waals surface area contributed by atoms with Crippen molar-refractivity contribution >= 4 is 5.91 Å². The molecule has 1 aliphatic heterocycles. The summed E-state index contributed by atoms with van der Waals surface area (Å²) in [4.78, 5) is 28.9. The van der Waals surface area contributed by atoms with E-state index in [2.05, 4.69) is 20.5 Å². The molecule has 4 rings (SSSR count). The summed E-state index contributed by atoms with van der Waals surface area (Å²) in [5.74, 6) is 0.425. The smallest absolute Gasteiger partial charge is 0.342 e. The first-order chi connectivity index (χ1) is 12.7. The Kier molecular flexibility index (Phi) is 4.35. The first-order valence-corrected chi connectivity index (χ1v) is 8.69. The number of aromatic amines is 1. The molecule has 0 spiro atoms. The Bertz CT molecular complexity index is 977. The Hall–Kier alpha value is -3.22. The maximum absolute atomic E-state index is 13.0. The van der Waals surface area contributed by atoms with E-state index in [1.807, 2.05) is 30.3 Å². The molecule has 3 heterocycles. The fourth-order valence-electron chi connectivity index (χ4n) is 3.40. The Balaban J connectivity index is 1.65. The van der Waals surface area contributed by atoms with Crippen molar-refractivity contribution in [2.24, 2.45) is 0 Å². The second kappa shape index (κ2) is 6.95. The molecule has 2 N–H and O–H groups in total. The topological polar surface area (TPSA) is 92.7 Å². The third kappa shape index (κ3) is 3.03. The molecule has 7 nitrogen and oxygen atoms in total. The van der Waals surface area contributed by atoms with E-state index in [0.717, 1.165) is 30.4 Å². The number of nitrogens with one attached hydrogen (secondary N) is 2. The lowest BCUT2D eigenvalue weighted by atomic mass is 9.99. The number of aromatic nitrogens is 4. The fraction of sp³-hybridized carbons (Fsp3) is 0.263. The van der Waals surface area contributed by atoms with Gasteiger partial charge in [-0.3, -0.25) is 14.3 Å². The van der Waals surface area contributed by atoms with Crippen molar-refractivity contribution in [1.29, 1.82) is 0 Å². The molecule has 132 valence electrons. The van der Waals surface area contributed by atoms with Gasteiger partial charge in [-0.2, -0.15) is 5.10 Å². The van der Waals surface area contributed by atoms with Crippen LogP contribution in [0.15, 0.2) is 53.6 Å². The van der Waals surface area contributed by atoms with Gasteiger partial charge in [0.2, 0.25) is 0 Å². The van der Waals surface area contributed by atoms with Crippen molar-refractivity contribution in [3.63, 3.8) is 0 Å². The highest BCUT2D eigenvalue weighted by Gasteiger charge is 2.25. The minimum absolute atomic E-state index is 0.175. The van der Waals surface area contributed by atoms with E-state index in [0.29, 0.717) is 17.9 Å². The van der Waals surface area contributed by atoms with Gasteiger partial charge in [0.1, 0.15) is 0 Å². The van der Waals surface area contributed by atoms with Crippen LogP contribution in [0.3, 0.4) is 0 Å². The van der Waals surface area contributed by atoms with Crippen LogP contribution in [0.2, 0.25) is 0 Å². The number of amides is 1. The molecule has 0 saturated carbocycles. The number of H-pyrrole nitrogens is 1. The van der Waals surface area contributed by atoms with Gasteiger partial charge in [0.05, 0.1) is 6.04 Å². The van der Waals surface area contributed by atoms with E-state index < -0.39 is 0 Å². The van der Waals surface area contributed by atoms with Gasteiger partial charge in [0, 0.05) is 24.5 Å². The molecule has 1 amide bonds. The molecule has 0 saturated heterocycles. The maximum atomic E-state index is 13.0. The number of carbonyl (C=O) groups excluding carboxylic acids is 1. The van der Waals surface area contributed by atoms with Gasteiger partial charge in [-0.25, -0.2) is 9.89 Å². The summed E-state index contributed by atoms with van der Waals surface area (Å²) in [7, 11) is 0. The minimum atomic E-state index is -0.283. The summed E-state index contributed by atoms with van der Waals surface area (Å²) in [5, 5.41) is 9.67. The van der Waals surface area contributed by atoms with Crippen molar-refractivity contribution in [2.45, 2.75) is 31.8 Å². The summed E-state index contributed by atoms with van der Waals surface area (Å²) in [6, 6.07) is 10.9. The van der Waals surface area contributed by atoms with Gasteiger partial charge in [0.25, 0.3) is 5.91 Å². The molecule has 0 radical (unpaired) electrons. The molecule has 0 fully saturated rings. The van der Waals surface area contributed by atoms with Crippen LogP contribution in [0.25, 0.3) is 11.1 Å². The molecule has 2 aromatic heterocycles. The van der Waals surface area contributed by atoms with Gasteiger partial charge >= 0.3 is 5.69 Å². The van der Waals surface area contributed by atoms with E-state index in [-0.39, 0.29) is 17.6 Å².